The molecule has 1 aromatic carbocycles. The summed E-state index contributed by atoms with van der Waals surface area (Å²) in [5, 5.41) is 9.91. The molecule has 1 aliphatic carbocycles. The van der Waals surface area contributed by atoms with Crippen molar-refractivity contribution in [1.82, 2.24) is 9.97 Å². The Labute approximate surface area is 214 Å². The van der Waals surface area contributed by atoms with E-state index in [4.69, 9.17) is 0 Å². The second-order valence-corrected chi connectivity index (χ2v) is 10.9. The van der Waals surface area contributed by atoms with Crippen LogP contribution < -0.4 is 0 Å². The van der Waals surface area contributed by atoms with Gasteiger partial charge >= 0.3 is 0 Å². The maximum atomic E-state index is 9.91. The van der Waals surface area contributed by atoms with Crippen molar-refractivity contribution in [2.75, 3.05) is 0 Å². The molecule has 3 rings (SSSR count). The van der Waals surface area contributed by atoms with Gasteiger partial charge in [0.05, 0.1) is 11.5 Å². The lowest BCUT2D eigenvalue weighted by Gasteiger charge is -2.35. The van der Waals surface area contributed by atoms with Crippen LogP contribution in [0.2, 0.25) is 0 Å². The molecule has 190 valence electrons. The van der Waals surface area contributed by atoms with Crippen molar-refractivity contribution < 1.29 is 0 Å². The van der Waals surface area contributed by atoms with Crippen LogP contribution in [-0.4, -0.2) is 9.97 Å². The van der Waals surface area contributed by atoms with Gasteiger partial charge in [0, 0.05) is 18.0 Å². The highest BCUT2D eigenvalue weighted by Crippen LogP contribution is 2.45. The molecule has 35 heavy (non-hydrogen) atoms. The molecule has 0 saturated heterocycles. The highest BCUT2D eigenvalue weighted by Gasteiger charge is 2.35. The smallest absolute Gasteiger partial charge is 0.159 e. The number of hydrogen-bond donors (Lipinski definition) is 0. The van der Waals surface area contributed by atoms with E-state index in [0.717, 1.165) is 49.9 Å². The van der Waals surface area contributed by atoms with Gasteiger partial charge in [-0.25, -0.2) is 9.97 Å². The fraction of sp³-hybridized carbons (Fsp3) is 0.656. The zero-order valence-electron chi connectivity index (χ0n) is 22.4. The van der Waals surface area contributed by atoms with E-state index >= 15 is 0 Å². The number of rotatable bonds is 15. The normalized spacial score (nSPS) is 20.0. The second kappa shape index (κ2) is 15.0. The largest absolute Gasteiger partial charge is 0.236 e. The summed E-state index contributed by atoms with van der Waals surface area (Å²) in [6.45, 7) is 4.52. The molecule has 0 radical (unpaired) electrons. The van der Waals surface area contributed by atoms with Crippen LogP contribution in [0, 0.1) is 16.7 Å². The van der Waals surface area contributed by atoms with Crippen LogP contribution >= 0.6 is 0 Å². The first-order chi connectivity index (χ1) is 17.2. The fourth-order valence-corrected chi connectivity index (χ4v) is 5.64. The van der Waals surface area contributed by atoms with Crippen molar-refractivity contribution in [2.45, 2.75) is 129 Å². The molecule has 2 aromatic rings. The third-order valence-corrected chi connectivity index (χ3v) is 8.10. The van der Waals surface area contributed by atoms with Gasteiger partial charge in [0.1, 0.15) is 0 Å². The van der Waals surface area contributed by atoms with Crippen LogP contribution in [0.5, 0.6) is 0 Å². The molecule has 3 heteroatoms. The van der Waals surface area contributed by atoms with Gasteiger partial charge < -0.3 is 0 Å². The molecule has 0 aliphatic heterocycles. The van der Waals surface area contributed by atoms with Crippen LogP contribution in [-0.2, 0) is 6.42 Å². The number of unbranched alkanes of at least 4 members (excludes halogenated alkanes) is 9. The number of nitriles is 1. The van der Waals surface area contributed by atoms with Crippen molar-refractivity contribution in [2.24, 2.45) is 5.41 Å². The van der Waals surface area contributed by atoms with E-state index in [-0.39, 0.29) is 5.41 Å². The topological polar surface area (TPSA) is 49.6 Å². The summed E-state index contributed by atoms with van der Waals surface area (Å²) in [5.41, 5.74) is 3.67. The maximum Gasteiger partial charge on any atom is 0.159 e. The van der Waals surface area contributed by atoms with Gasteiger partial charge in [-0.2, -0.15) is 5.26 Å². The van der Waals surface area contributed by atoms with Gasteiger partial charge in [0.15, 0.2) is 5.82 Å². The molecule has 3 nitrogen and oxygen atoms in total. The molecule has 1 fully saturated rings. The van der Waals surface area contributed by atoms with Crippen LogP contribution in [0.1, 0.15) is 134 Å². The van der Waals surface area contributed by atoms with Crippen molar-refractivity contribution >= 4 is 0 Å². The zero-order valence-corrected chi connectivity index (χ0v) is 22.4. The van der Waals surface area contributed by atoms with E-state index in [1.807, 2.05) is 12.4 Å². The van der Waals surface area contributed by atoms with Crippen LogP contribution in [0.15, 0.2) is 36.7 Å². The Balaban J connectivity index is 1.45. The monoisotopic (exact) mass is 473 g/mol. The van der Waals surface area contributed by atoms with E-state index < -0.39 is 0 Å². The molecule has 0 unspecified atom stereocenters. The molecule has 0 amide bonds. The Kier molecular flexibility index (Phi) is 11.8. The third kappa shape index (κ3) is 8.75. The minimum atomic E-state index is -0.0756. The Morgan fingerprint density at radius 3 is 1.97 bits per heavy atom. The molecule has 1 heterocycles. The molecule has 0 bridgehead atoms. The lowest BCUT2D eigenvalue weighted by Crippen LogP contribution is -2.25. The summed E-state index contributed by atoms with van der Waals surface area (Å²) in [5.74, 6) is 1.39. The Hall–Kier alpha value is -2.21. The number of nitrogens with zero attached hydrogens (tertiary/aromatic N) is 3. The predicted molar refractivity (Wildman–Crippen MR) is 147 cm³/mol. The quantitative estimate of drug-likeness (QED) is 0.242. The molecular formula is C32H47N3. The zero-order chi connectivity index (χ0) is 24.8. The van der Waals surface area contributed by atoms with Crippen LogP contribution in [0.4, 0.5) is 0 Å². The summed E-state index contributed by atoms with van der Waals surface area (Å²) >= 11 is 0. The van der Waals surface area contributed by atoms with Crippen molar-refractivity contribution in [1.29, 1.82) is 5.26 Å². The Morgan fingerprint density at radius 1 is 0.800 bits per heavy atom. The van der Waals surface area contributed by atoms with E-state index in [1.54, 1.807) is 0 Å². The third-order valence-electron chi connectivity index (χ3n) is 8.10. The summed E-state index contributed by atoms with van der Waals surface area (Å²) in [6.07, 6.45) is 24.9. The SMILES string of the molecule is CCCCCCCCc1cnc(-c2ccc(C3CCC(C#N)(CCCCCCC)CC3)cc2)nc1. The highest BCUT2D eigenvalue weighted by molar-refractivity contribution is 5.55. The van der Waals surface area contributed by atoms with E-state index in [2.05, 4.69) is 54.2 Å². The van der Waals surface area contributed by atoms with Gasteiger partial charge in [0.2, 0.25) is 0 Å². The van der Waals surface area contributed by atoms with Gasteiger partial charge in [-0.3, -0.25) is 0 Å². The van der Waals surface area contributed by atoms with E-state index in [9.17, 15) is 5.26 Å². The van der Waals surface area contributed by atoms with E-state index in [0.29, 0.717) is 5.92 Å². The lowest BCUT2D eigenvalue weighted by molar-refractivity contribution is 0.223. The minimum Gasteiger partial charge on any atom is -0.236 e. The fourth-order valence-electron chi connectivity index (χ4n) is 5.64. The van der Waals surface area contributed by atoms with Crippen molar-refractivity contribution in [3.05, 3.63) is 47.8 Å². The first-order valence-corrected chi connectivity index (χ1v) is 14.5. The van der Waals surface area contributed by atoms with Crippen molar-refractivity contribution in [3.8, 4) is 17.5 Å². The molecule has 1 aromatic heterocycles. The number of hydrogen-bond acceptors (Lipinski definition) is 3. The highest BCUT2D eigenvalue weighted by atomic mass is 14.9. The average molecular weight is 474 g/mol. The van der Waals surface area contributed by atoms with Crippen LogP contribution in [0.25, 0.3) is 11.4 Å². The molecule has 0 spiro atoms. The predicted octanol–water partition coefficient (Wildman–Crippen LogP) is 9.57. The van der Waals surface area contributed by atoms with Gasteiger partial charge in [-0.1, -0.05) is 102 Å². The first kappa shape index (κ1) is 27.4. The number of aryl methyl sites for hydroxylation is 1. The molecule has 0 N–H and O–H groups in total. The van der Waals surface area contributed by atoms with Gasteiger partial charge in [0.25, 0.3) is 0 Å². The van der Waals surface area contributed by atoms with Gasteiger partial charge in [-0.15, -0.1) is 0 Å². The standard InChI is InChI=1S/C32H47N3/c1-3-5-7-9-10-12-14-27-24-34-31(35-25-27)30-17-15-28(16-18-30)29-19-22-32(26-33,23-20-29)21-13-11-8-6-4-2/h15-18,24-25,29H,3-14,19-23H2,1-2H3. The lowest BCUT2D eigenvalue weighted by atomic mass is 9.67. The van der Waals surface area contributed by atoms with E-state index in [1.165, 1.54) is 81.8 Å². The van der Waals surface area contributed by atoms with Crippen molar-refractivity contribution in [3.63, 3.8) is 0 Å². The minimum absolute atomic E-state index is 0.0756. The van der Waals surface area contributed by atoms with Gasteiger partial charge in [-0.05, 0) is 62.0 Å². The summed E-state index contributed by atoms with van der Waals surface area (Å²) < 4.78 is 0. The summed E-state index contributed by atoms with van der Waals surface area (Å²) in [7, 11) is 0. The molecule has 1 saturated carbocycles. The maximum absolute atomic E-state index is 9.91. The Morgan fingerprint density at radius 2 is 1.37 bits per heavy atom. The average Bonchev–Trinajstić information content (AvgIpc) is 2.91. The number of aromatic nitrogens is 2. The summed E-state index contributed by atoms with van der Waals surface area (Å²) in [4.78, 5) is 9.30. The first-order valence-electron chi connectivity index (χ1n) is 14.5. The van der Waals surface area contributed by atoms with Crippen LogP contribution in [0.3, 0.4) is 0 Å². The number of benzene rings is 1. The summed E-state index contributed by atoms with van der Waals surface area (Å²) in [6, 6.07) is 11.6. The molecular weight excluding hydrogens is 426 g/mol. The second-order valence-electron chi connectivity index (χ2n) is 10.9. The Bertz CT molecular complexity index is 871. The molecule has 1 aliphatic rings. The molecule has 0 atom stereocenters.